The van der Waals surface area contributed by atoms with Crippen molar-refractivity contribution in [2.75, 3.05) is 14.2 Å². The Morgan fingerprint density at radius 3 is 2.62 bits per heavy atom. The average molecular weight is 440 g/mol. The van der Waals surface area contributed by atoms with Crippen molar-refractivity contribution < 1.29 is 18.7 Å². The molecular formula is C22H25FN6O3. The van der Waals surface area contributed by atoms with Crippen molar-refractivity contribution in [2.24, 2.45) is 0 Å². The van der Waals surface area contributed by atoms with Gasteiger partial charge < -0.3 is 20.1 Å². The van der Waals surface area contributed by atoms with Gasteiger partial charge in [0, 0.05) is 30.1 Å². The zero-order valence-corrected chi connectivity index (χ0v) is 17.9. The van der Waals surface area contributed by atoms with Gasteiger partial charge in [-0.3, -0.25) is 0 Å². The fraction of sp³-hybridized carbons (Fsp3) is 0.364. The molecule has 3 aromatic rings. The Hall–Kier alpha value is -3.53. The molecule has 1 amide bonds. The summed E-state index contributed by atoms with van der Waals surface area (Å²) in [6.45, 7) is 0.534. The highest BCUT2D eigenvalue weighted by Gasteiger charge is 2.38. The molecule has 0 saturated heterocycles. The number of nitrogens with zero attached hydrogens (tertiary/aromatic N) is 4. The van der Waals surface area contributed by atoms with Crippen LogP contribution in [0.4, 0.5) is 9.18 Å². The summed E-state index contributed by atoms with van der Waals surface area (Å²) in [5.41, 5.74) is 2.72. The van der Waals surface area contributed by atoms with Gasteiger partial charge in [0.05, 0.1) is 19.9 Å². The van der Waals surface area contributed by atoms with Crippen molar-refractivity contribution in [1.82, 2.24) is 30.8 Å². The van der Waals surface area contributed by atoms with Gasteiger partial charge in [-0.25, -0.2) is 13.9 Å². The van der Waals surface area contributed by atoms with E-state index < -0.39 is 6.09 Å². The Morgan fingerprint density at radius 2 is 1.94 bits per heavy atom. The Labute approximate surface area is 184 Å². The lowest BCUT2D eigenvalue weighted by Gasteiger charge is -2.27. The predicted octanol–water partition coefficient (Wildman–Crippen LogP) is 2.57. The highest BCUT2D eigenvalue weighted by Crippen LogP contribution is 2.36. The Balaban J connectivity index is 1.55. The van der Waals surface area contributed by atoms with Crippen LogP contribution >= 0.6 is 0 Å². The fourth-order valence-corrected chi connectivity index (χ4v) is 4.32. The van der Waals surface area contributed by atoms with E-state index in [0.717, 1.165) is 35.4 Å². The zero-order valence-electron chi connectivity index (χ0n) is 17.9. The second-order valence-corrected chi connectivity index (χ2v) is 7.64. The van der Waals surface area contributed by atoms with E-state index in [9.17, 15) is 9.18 Å². The summed E-state index contributed by atoms with van der Waals surface area (Å²) in [6, 6.07) is 12.1. The number of carbonyl (C=O) groups excluding carboxylic acids is 1. The van der Waals surface area contributed by atoms with E-state index in [4.69, 9.17) is 9.47 Å². The molecule has 4 rings (SSSR count). The third kappa shape index (κ3) is 4.70. The summed E-state index contributed by atoms with van der Waals surface area (Å²) in [5.74, 6) is 0.413. The summed E-state index contributed by atoms with van der Waals surface area (Å²) in [7, 11) is 2.97. The van der Waals surface area contributed by atoms with Gasteiger partial charge in [-0.1, -0.05) is 12.1 Å². The second kappa shape index (κ2) is 9.73. The smallest absolute Gasteiger partial charge is 0.407 e. The molecular weight excluding hydrogens is 415 g/mol. The van der Waals surface area contributed by atoms with Gasteiger partial charge in [-0.05, 0) is 59.2 Å². The van der Waals surface area contributed by atoms with Crippen LogP contribution in [-0.2, 0) is 11.3 Å². The molecule has 1 aliphatic rings. The van der Waals surface area contributed by atoms with E-state index in [0.29, 0.717) is 6.54 Å². The van der Waals surface area contributed by atoms with Crippen LogP contribution in [0.3, 0.4) is 0 Å². The SMILES string of the molecule is COC(=O)NC1CCC(NCc2cc(-n3cnnn3)ccc2OC)C1c1ccc(F)cc1. The molecule has 10 heteroatoms. The molecule has 3 atom stereocenters. The van der Waals surface area contributed by atoms with Gasteiger partial charge in [-0.15, -0.1) is 5.10 Å². The number of halogens is 1. The van der Waals surface area contributed by atoms with E-state index in [2.05, 4.69) is 26.2 Å². The standard InChI is InChI=1S/C22H25FN6O3/c1-31-20-10-7-17(29-13-25-27-28-29)11-15(20)12-24-18-8-9-19(26-22(30)32-2)21(18)14-3-5-16(23)6-4-14/h3-7,10-11,13,18-19,21,24H,8-9,12H2,1-2H3,(H,26,30). The second-order valence-electron chi connectivity index (χ2n) is 7.64. The molecule has 32 heavy (non-hydrogen) atoms. The summed E-state index contributed by atoms with van der Waals surface area (Å²) in [5, 5.41) is 17.8. The van der Waals surface area contributed by atoms with Crippen LogP contribution < -0.4 is 15.4 Å². The number of benzene rings is 2. The summed E-state index contributed by atoms with van der Waals surface area (Å²) < 4.78 is 25.4. The van der Waals surface area contributed by atoms with Crippen LogP contribution in [0.2, 0.25) is 0 Å². The number of alkyl carbamates (subject to hydrolysis) is 1. The van der Waals surface area contributed by atoms with Crippen molar-refractivity contribution in [2.45, 2.75) is 37.4 Å². The number of carbonyl (C=O) groups is 1. The number of hydrogen-bond acceptors (Lipinski definition) is 7. The molecule has 1 heterocycles. The monoisotopic (exact) mass is 440 g/mol. The van der Waals surface area contributed by atoms with Crippen molar-refractivity contribution >= 4 is 6.09 Å². The lowest BCUT2D eigenvalue weighted by Crippen LogP contribution is -2.41. The number of rotatable bonds is 7. The van der Waals surface area contributed by atoms with Crippen LogP contribution in [0.25, 0.3) is 5.69 Å². The normalized spacial score (nSPS) is 20.2. The molecule has 1 aliphatic carbocycles. The Bertz CT molecular complexity index is 1040. The first-order valence-corrected chi connectivity index (χ1v) is 10.3. The van der Waals surface area contributed by atoms with Crippen LogP contribution in [-0.4, -0.2) is 52.6 Å². The molecule has 1 saturated carbocycles. The number of nitrogens with one attached hydrogen (secondary N) is 2. The van der Waals surface area contributed by atoms with Gasteiger partial charge in [-0.2, -0.15) is 0 Å². The molecule has 9 nitrogen and oxygen atoms in total. The number of amides is 1. The average Bonchev–Trinajstić information content (AvgIpc) is 3.48. The third-order valence-electron chi connectivity index (χ3n) is 5.83. The van der Waals surface area contributed by atoms with Crippen LogP contribution in [0.5, 0.6) is 5.75 Å². The molecule has 1 aromatic heterocycles. The quantitative estimate of drug-likeness (QED) is 0.582. The first-order valence-electron chi connectivity index (χ1n) is 10.3. The largest absolute Gasteiger partial charge is 0.496 e. The minimum Gasteiger partial charge on any atom is -0.496 e. The lowest BCUT2D eigenvalue weighted by atomic mass is 9.90. The summed E-state index contributed by atoms with van der Waals surface area (Å²) >= 11 is 0. The first kappa shape index (κ1) is 21.7. The maximum Gasteiger partial charge on any atom is 0.407 e. The molecule has 168 valence electrons. The predicted molar refractivity (Wildman–Crippen MR) is 114 cm³/mol. The van der Waals surface area contributed by atoms with Gasteiger partial charge in [0.2, 0.25) is 0 Å². The molecule has 1 fully saturated rings. The van der Waals surface area contributed by atoms with Crippen molar-refractivity contribution in [3.8, 4) is 11.4 Å². The van der Waals surface area contributed by atoms with Gasteiger partial charge in [0.1, 0.15) is 17.9 Å². The molecule has 0 bridgehead atoms. The zero-order chi connectivity index (χ0) is 22.5. The third-order valence-corrected chi connectivity index (χ3v) is 5.83. The number of methoxy groups -OCH3 is 2. The Morgan fingerprint density at radius 1 is 1.16 bits per heavy atom. The van der Waals surface area contributed by atoms with Crippen molar-refractivity contribution in [3.05, 3.63) is 65.7 Å². The van der Waals surface area contributed by atoms with Crippen LogP contribution in [0.1, 0.15) is 29.9 Å². The van der Waals surface area contributed by atoms with Gasteiger partial charge >= 0.3 is 6.09 Å². The molecule has 2 aromatic carbocycles. The maximum absolute atomic E-state index is 13.5. The molecule has 0 aliphatic heterocycles. The number of tetrazole rings is 1. The highest BCUT2D eigenvalue weighted by molar-refractivity contribution is 5.67. The van der Waals surface area contributed by atoms with Crippen LogP contribution in [0, 0.1) is 5.82 Å². The number of ether oxygens (including phenoxy) is 2. The maximum atomic E-state index is 13.5. The summed E-state index contributed by atoms with van der Waals surface area (Å²) in [4.78, 5) is 11.9. The number of hydrogen-bond donors (Lipinski definition) is 2. The molecule has 0 spiro atoms. The Kier molecular flexibility index (Phi) is 6.60. The van der Waals surface area contributed by atoms with Crippen molar-refractivity contribution in [3.63, 3.8) is 0 Å². The molecule has 3 unspecified atom stereocenters. The minimum atomic E-state index is -0.474. The van der Waals surface area contributed by atoms with E-state index in [1.165, 1.54) is 25.6 Å². The summed E-state index contributed by atoms with van der Waals surface area (Å²) in [6.07, 6.45) is 2.67. The topological polar surface area (TPSA) is 103 Å². The fourth-order valence-electron chi connectivity index (χ4n) is 4.32. The van der Waals surface area contributed by atoms with E-state index >= 15 is 0 Å². The first-order chi connectivity index (χ1) is 15.6. The van der Waals surface area contributed by atoms with Gasteiger partial charge in [0.25, 0.3) is 0 Å². The molecule has 2 N–H and O–H groups in total. The molecule has 0 radical (unpaired) electrons. The minimum absolute atomic E-state index is 0.0385. The number of aromatic nitrogens is 4. The van der Waals surface area contributed by atoms with E-state index in [-0.39, 0.29) is 23.8 Å². The van der Waals surface area contributed by atoms with Crippen molar-refractivity contribution in [1.29, 1.82) is 0 Å². The van der Waals surface area contributed by atoms with Gasteiger partial charge in [0.15, 0.2) is 0 Å². The van der Waals surface area contributed by atoms with E-state index in [1.54, 1.807) is 23.9 Å². The highest BCUT2D eigenvalue weighted by atomic mass is 19.1. The van der Waals surface area contributed by atoms with Crippen LogP contribution in [0.15, 0.2) is 48.8 Å². The van der Waals surface area contributed by atoms with E-state index in [1.807, 2.05) is 18.2 Å². The lowest BCUT2D eigenvalue weighted by molar-refractivity contribution is 0.165.